The van der Waals surface area contributed by atoms with Crippen LogP contribution in [0.2, 0.25) is 0 Å². The number of hydrazone groups is 1. The number of nitrogens with one attached hydrogen (secondary N) is 3. The van der Waals surface area contributed by atoms with Crippen molar-refractivity contribution in [2.75, 3.05) is 10.6 Å². The summed E-state index contributed by atoms with van der Waals surface area (Å²) in [6.45, 7) is 5.04. The van der Waals surface area contributed by atoms with Gasteiger partial charge in [-0.15, -0.1) is 0 Å². The minimum atomic E-state index is -0.400. The summed E-state index contributed by atoms with van der Waals surface area (Å²) in [6, 6.07) is 13.9. The molecule has 0 atom stereocenters. The SMILES string of the molecule is CC(=O)Nc1ccc(C(=O)NN=C(C)CC(=O)Nc2ccc(C)cc2)cc1. The van der Waals surface area contributed by atoms with Crippen LogP contribution < -0.4 is 16.1 Å². The van der Waals surface area contributed by atoms with E-state index in [0.29, 0.717) is 22.6 Å². The van der Waals surface area contributed by atoms with Crippen LogP contribution >= 0.6 is 0 Å². The first-order valence-electron chi connectivity index (χ1n) is 8.41. The van der Waals surface area contributed by atoms with E-state index in [4.69, 9.17) is 0 Å². The molecule has 0 fully saturated rings. The van der Waals surface area contributed by atoms with Gasteiger partial charge in [0.1, 0.15) is 0 Å². The van der Waals surface area contributed by atoms with Gasteiger partial charge in [0.2, 0.25) is 11.8 Å². The summed E-state index contributed by atoms with van der Waals surface area (Å²) in [4.78, 5) is 35.1. The molecule has 2 rings (SSSR count). The average Bonchev–Trinajstić information content (AvgIpc) is 2.61. The normalized spacial score (nSPS) is 10.9. The van der Waals surface area contributed by atoms with Crippen molar-refractivity contribution >= 4 is 34.8 Å². The predicted octanol–water partition coefficient (Wildman–Crippen LogP) is 3.09. The summed E-state index contributed by atoms with van der Waals surface area (Å²) >= 11 is 0. The van der Waals surface area contributed by atoms with Gasteiger partial charge in [-0.2, -0.15) is 5.10 Å². The first-order chi connectivity index (χ1) is 12.8. The van der Waals surface area contributed by atoms with E-state index < -0.39 is 5.91 Å². The molecule has 0 radical (unpaired) electrons. The Morgan fingerprint density at radius 2 is 1.41 bits per heavy atom. The maximum Gasteiger partial charge on any atom is 0.271 e. The number of amides is 3. The molecule has 7 nitrogen and oxygen atoms in total. The Morgan fingerprint density at radius 3 is 2.00 bits per heavy atom. The highest BCUT2D eigenvalue weighted by Crippen LogP contribution is 2.10. The molecular formula is C20H22N4O3. The summed E-state index contributed by atoms with van der Waals surface area (Å²) in [6.07, 6.45) is 0.0651. The van der Waals surface area contributed by atoms with Gasteiger partial charge in [-0.05, 0) is 50.2 Å². The molecule has 0 saturated heterocycles. The molecular weight excluding hydrogens is 344 g/mol. The molecule has 3 amide bonds. The molecule has 0 bridgehead atoms. The Morgan fingerprint density at radius 1 is 0.852 bits per heavy atom. The molecule has 7 heteroatoms. The molecule has 2 aromatic carbocycles. The maximum absolute atomic E-state index is 12.1. The summed E-state index contributed by atoms with van der Waals surface area (Å²) in [7, 11) is 0. The number of aryl methyl sites for hydroxylation is 1. The van der Waals surface area contributed by atoms with Crippen LogP contribution in [0.25, 0.3) is 0 Å². The molecule has 0 aliphatic rings. The monoisotopic (exact) mass is 366 g/mol. The number of rotatable bonds is 6. The predicted molar refractivity (Wildman–Crippen MR) is 106 cm³/mol. The van der Waals surface area contributed by atoms with Crippen LogP contribution in [0, 0.1) is 6.92 Å². The van der Waals surface area contributed by atoms with Crippen molar-refractivity contribution < 1.29 is 14.4 Å². The zero-order chi connectivity index (χ0) is 19.8. The molecule has 0 aliphatic carbocycles. The number of benzene rings is 2. The first-order valence-corrected chi connectivity index (χ1v) is 8.41. The molecule has 27 heavy (non-hydrogen) atoms. The minimum absolute atomic E-state index is 0.0651. The van der Waals surface area contributed by atoms with Gasteiger partial charge in [-0.25, -0.2) is 5.43 Å². The Bertz CT molecular complexity index is 856. The molecule has 0 spiro atoms. The van der Waals surface area contributed by atoms with Gasteiger partial charge in [0, 0.05) is 29.6 Å². The van der Waals surface area contributed by atoms with Gasteiger partial charge in [0.05, 0.1) is 6.42 Å². The second-order valence-corrected chi connectivity index (χ2v) is 6.14. The topological polar surface area (TPSA) is 99.7 Å². The van der Waals surface area contributed by atoms with Crippen LogP contribution in [0.4, 0.5) is 11.4 Å². The van der Waals surface area contributed by atoms with Gasteiger partial charge in [-0.1, -0.05) is 17.7 Å². The highest BCUT2D eigenvalue weighted by molar-refractivity contribution is 6.06. The van der Waals surface area contributed by atoms with E-state index in [1.54, 1.807) is 31.2 Å². The molecule has 3 N–H and O–H groups in total. The van der Waals surface area contributed by atoms with Crippen molar-refractivity contribution in [3.8, 4) is 0 Å². The standard InChI is InChI=1S/C20H22N4O3/c1-13-4-8-18(9-5-13)22-19(26)12-14(2)23-24-20(27)16-6-10-17(11-7-16)21-15(3)25/h4-11H,12H2,1-3H3,(H,21,25)(H,22,26)(H,24,27). The quantitative estimate of drug-likeness (QED) is 0.541. The lowest BCUT2D eigenvalue weighted by Crippen LogP contribution is -2.21. The smallest absolute Gasteiger partial charge is 0.271 e. The van der Waals surface area contributed by atoms with Gasteiger partial charge in [-0.3, -0.25) is 14.4 Å². The molecule has 0 aliphatic heterocycles. The second-order valence-electron chi connectivity index (χ2n) is 6.14. The van der Waals surface area contributed by atoms with E-state index in [2.05, 4.69) is 21.2 Å². The van der Waals surface area contributed by atoms with Crippen LogP contribution in [0.15, 0.2) is 53.6 Å². The Labute approximate surface area is 157 Å². The molecule has 140 valence electrons. The fourth-order valence-corrected chi connectivity index (χ4v) is 2.23. The number of hydrogen-bond donors (Lipinski definition) is 3. The van der Waals surface area contributed by atoms with Crippen molar-refractivity contribution in [3.63, 3.8) is 0 Å². The summed E-state index contributed by atoms with van der Waals surface area (Å²) < 4.78 is 0. The molecule has 0 saturated carbocycles. The van der Waals surface area contributed by atoms with Gasteiger partial charge < -0.3 is 10.6 Å². The van der Waals surface area contributed by atoms with Crippen molar-refractivity contribution in [1.29, 1.82) is 0 Å². The largest absolute Gasteiger partial charge is 0.326 e. The average molecular weight is 366 g/mol. The fourth-order valence-electron chi connectivity index (χ4n) is 2.23. The van der Waals surface area contributed by atoms with Gasteiger partial charge in [0.25, 0.3) is 5.91 Å². The zero-order valence-corrected chi connectivity index (χ0v) is 15.5. The lowest BCUT2D eigenvalue weighted by Gasteiger charge is -2.06. The van der Waals surface area contributed by atoms with E-state index >= 15 is 0 Å². The van der Waals surface area contributed by atoms with E-state index in [9.17, 15) is 14.4 Å². The minimum Gasteiger partial charge on any atom is -0.326 e. The molecule has 0 unspecified atom stereocenters. The van der Waals surface area contributed by atoms with E-state index in [1.807, 2.05) is 31.2 Å². The highest BCUT2D eigenvalue weighted by atomic mass is 16.2. The molecule has 0 aromatic heterocycles. The fraction of sp³-hybridized carbons (Fsp3) is 0.200. The third-order valence-corrected chi connectivity index (χ3v) is 3.57. The van der Waals surface area contributed by atoms with Crippen LogP contribution in [-0.4, -0.2) is 23.4 Å². The number of anilines is 2. The van der Waals surface area contributed by atoms with Crippen LogP contribution in [0.3, 0.4) is 0 Å². The zero-order valence-electron chi connectivity index (χ0n) is 15.5. The van der Waals surface area contributed by atoms with E-state index in [1.165, 1.54) is 6.92 Å². The Hall–Kier alpha value is -3.48. The lowest BCUT2D eigenvalue weighted by atomic mass is 10.2. The van der Waals surface area contributed by atoms with Gasteiger partial charge >= 0.3 is 0 Å². The van der Waals surface area contributed by atoms with Crippen LogP contribution in [0.5, 0.6) is 0 Å². The Balaban J connectivity index is 1.86. The first kappa shape index (κ1) is 19.8. The summed E-state index contributed by atoms with van der Waals surface area (Å²) in [5.41, 5.74) is 5.71. The molecule has 0 heterocycles. The number of nitrogens with zero attached hydrogens (tertiary/aromatic N) is 1. The number of carbonyl (C=O) groups excluding carboxylic acids is 3. The Kier molecular flexibility index (Phi) is 6.82. The maximum atomic E-state index is 12.1. The lowest BCUT2D eigenvalue weighted by molar-refractivity contribution is -0.115. The van der Waals surface area contributed by atoms with E-state index in [0.717, 1.165) is 5.56 Å². The number of carbonyl (C=O) groups is 3. The van der Waals surface area contributed by atoms with Gasteiger partial charge in [0.15, 0.2) is 0 Å². The van der Waals surface area contributed by atoms with Crippen LogP contribution in [0.1, 0.15) is 36.2 Å². The second kappa shape index (κ2) is 9.28. The van der Waals surface area contributed by atoms with E-state index in [-0.39, 0.29) is 18.2 Å². The van der Waals surface area contributed by atoms with Crippen molar-refractivity contribution in [3.05, 3.63) is 59.7 Å². The third-order valence-electron chi connectivity index (χ3n) is 3.57. The summed E-state index contributed by atoms with van der Waals surface area (Å²) in [5, 5.41) is 9.35. The third kappa shape index (κ3) is 6.74. The van der Waals surface area contributed by atoms with Crippen molar-refractivity contribution in [2.45, 2.75) is 27.2 Å². The van der Waals surface area contributed by atoms with Crippen LogP contribution in [-0.2, 0) is 9.59 Å². The van der Waals surface area contributed by atoms with Crippen molar-refractivity contribution in [2.24, 2.45) is 5.10 Å². The number of hydrogen-bond acceptors (Lipinski definition) is 4. The highest BCUT2D eigenvalue weighted by Gasteiger charge is 2.07. The summed E-state index contributed by atoms with van der Waals surface area (Å²) in [5.74, 6) is -0.798. The van der Waals surface area contributed by atoms with Crippen molar-refractivity contribution in [1.82, 2.24) is 5.43 Å². The molecule has 2 aromatic rings.